The van der Waals surface area contributed by atoms with Crippen LogP contribution in [0.2, 0.25) is 0 Å². The zero-order chi connectivity index (χ0) is 15.8. The van der Waals surface area contributed by atoms with Crippen LogP contribution in [0, 0.1) is 5.92 Å². The van der Waals surface area contributed by atoms with Crippen LogP contribution in [-0.2, 0) is 4.79 Å². The topological polar surface area (TPSA) is 50.4 Å². The number of hydrogen-bond donors (Lipinski definition) is 2. The van der Waals surface area contributed by atoms with Gasteiger partial charge in [-0.1, -0.05) is 27.2 Å². The molecule has 1 amide bonds. The highest BCUT2D eigenvalue weighted by Gasteiger charge is 2.12. The van der Waals surface area contributed by atoms with E-state index in [-0.39, 0.29) is 5.91 Å². The van der Waals surface area contributed by atoms with Crippen molar-refractivity contribution in [2.45, 2.75) is 53.0 Å². The highest BCUT2D eigenvalue weighted by atomic mass is 16.5. The molecule has 0 radical (unpaired) electrons. The van der Waals surface area contributed by atoms with E-state index in [4.69, 9.17) is 4.74 Å². The van der Waals surface area contributed by atoms with Crippen molar-refractivity contribution < 1.29 is 9.53 Å². The monoisotopic (exact) mass is 292 g/mol. The summed E-state index contributed by atoms with van der Waals surface area (Å²) in [6.45, 7) is 8.20. The lowest BCUT2D eigenvalue weighted by atomic mass is 9.97. The van der Waals surface area contributed by atoms with Crippen LogP contribution in [0.3, 0.4) is 0 Å². The van der Waals surface area contributed by atoms with Gasteiger partial charge in [0.1, 0.15) is 5.75 Å². The number of carbonyl (C=O) groups excluding carboxylic acids is 1. The first kappa shape index (κ1) is 17.3. The summed E-state index contributed by atoms with van der Waals surface area (Å²) >= 11 is 0. The maximum Gasteiger partial charge on any atom is 0.221 e. The van der Waals surface area contributed by atoms with Crippen LogP contribution in [0.1, 0.15) is 47.0 Å². The number of anilines is 2. The Hall–Kier alpha value is -1.71. The van der Waals surface area contributed by atoms with Crippen molar-refractivity contribution in [3.63, 3.8) is 0 Å². The molecule has 0 saturated heterocycles. The van der Waals surface area contributed by atoms with Gasteiger partial charge in [0.15, 0.2) is 0 Å². The SMILES string of the molecule is CCC(C)CC(CC)Nc1ccc(NC(C)=O)c(OC)c1. The van der Waals surface area contributed by atoms with E-state index in [1.165, 1.54) is 13.3 Å². The first-order valence-corrected chi connectivity index (χ1v) is 7.72. The Kier molecular flexibility index (Phi) is 7.06. The standard InChI is InChI=1S/C17H28N2O2/c1-6-12(3)10-14(7-2)19-15-8-9-16(18-13(4)20)17(11-15)21-5/h8-9,11-12,14,19H,6-7,10H2,1-5H3,(H,18,20). The van der Waals surface area contributed by atoms with Gasteiger partial charge in [0.05, 0.1) is 12.8 Å². The van der Waals surface area contributed by atoms with Crippen LogP contribution < -0.4 is 15.4 Å². The molecule has 0 bridgehead atoms. The van der Waals surface area contributed by atoms with E-state index in [2.05, 4.69) is 31.4 Å². The Morgan fingerprint density at radius 3 is 2.52 bits per heavy atom. The average molecular weight is 292 g/mol. The molecule has 118 valence electrons. The molecule has 4 nitrogen and oxygen atoms in total. The molecular formula is C17H28N2O2. The van der Waals surface area contributed by atoms with Gasteiger partial charge in [0.2, 0.25) is 5.91 Å². The molecule has 0 aromatic heterocycles. The zero-order valence-corrected chi connectivity index (χ0v) is 13.8. The molecule has 1 aromatic rings. The third kappa shape index (κ3) is 5.66. The first-order chi connectivity index (χ1) is 9.99. The normalized spacial score (nSPS) is 13.4. The molecule has 0 heterocycles. The summed E-state index contributed by atoms with van der Waals surface area (Å²) < 4.78 is 5.35. The maximum atomic E-state index is 11.2. The van der Waals surface area contributed by atoms with Gasteiger partial charge in [-0.15, -0.1) is 0 Å². The van der Waals surface area contributed by atoms with Gasteiger partial charge in [0, 0.05) is 24.7 Å². The Balaban J connectivity index is 2.81. The quantitative estimate of drug-likeness (QED) is 0.752. The molecular weight excluding hydrogens is 264 g/mol. The fraction of sp³-hybridized carbons (Fsp3) is 0.588. The van der Waals surface area contributed by atoms with Gasteiger partial charge in [-0.05, 0) is 30.9 Å². The Morgan fingerprint density at radius 2 is 2.00 bits per heavy atom. The highest BCUT2D eigenvalue weighted by molar-refractivity contribution is 5.90. The van der Waals surface area contributed by atoms with Crippen LogP contribution in [0.15, 0.2) is 18.2 Å². The van der Waals surface area contributed by atoms with Crippen molar-refractivity contribution in [1.29, 1.82) is 0 Å². The van der Waals surface area contributed by atoms with Crippen molar-refractivity contribution >= 4 is 17.3 Å². The van der Waals surface area contributed by atoms with Gasteiger partial charge < -0.3 is 15.4 Å². The molecule has 0 fully saturated rings. The molecule has 1 aromatic carbocycles. The summed E-state index contributed by atoms with van der Waals surface area (Å²) in [5.74, 6) is 1.29. The third-order valence-electron chi connectivity index (χ3n) is 3.76. The fourth-order valence-corrected chi connectivity index (χ4v) is 2.29. The third-order valence-corrected chi connectivity index (χ3v) is 3.76. The smallest absolute Gasteiger partial charge is 0.221 e. The molecule has 1 rings (SSSR count). The molecule has 0 aliphatic heterocycles. The molecule has 2 atom stereocenters. The summed E-state index contributed by atoms with van der Waals surface area (Å²) in [4.78, 5) is 11.2. The van der Waals surface area contributed by atoms with E-state index in [0.29, 0.717) is 23.4 Å². The van der Waals surface area contributed by atoms with Crippen molar-refractivity contribution in [3.05, 3.63) is 18.2 Å². The van der Waals surface area contributed by atoms with Crippen molar-refractivity contribution in [1.82, 2.24) is 0 Å². The summed E-state index contributed by atoms with van der Waals surface area (Å²) in [5.41, 5.74) is 1.72. The van der Waals surface area contributed by atoms with E-state index in [1.54, 1.807) is 7.11 Å². The summed E-state index contributed by atoms with van der Waals surface area (Å²) in [6.07, 6.45) is 3.44. The molecule has 21 heavy (non-hydrogen) atoms. The second kappa shape index (κ2) is 8.55. The van der Waals surface area contributed by atoms with E-state index < -0.39 is 0 Å². The summed E-state index contributed by atoms with van der Waals surface area (Å²) in [7, 11) is 1.61. The van der Waals surface area contributed by atoms with E-state index in [0.717, 1.165) is 18.5 Å². The second-order valence-corrected chi connectivity index (χ2v) is 5.59. The Labute approximate surface area is 128 Å². The number of ether oxygens (including phenoxy) is 1. The lowest BCUT2D eigenvalue weighted by Gasteiger charge is -2.22. The molecule has 0 saturated carbocycles. The summed E-state index contributed by atoms with van der Waals surface area (Å²) in [6, 6.07) is 6.24. The number of nitrogens with one attached hydrogen (secondary N) is 2. The second-order valence-electron chi connectivity index (χ2n) is 5.59. The van der Waals surface area contributed by atoms with Gasteiger partial charge >= 0.3 is 0 Å². The highest BCUT2D eigenvalue weighted by Crippen LogP contribution is 2.29. The number of methoxy groups -OCH3 is 1. The first-order valence-electron chi connectivity index (χ1n) is 7.72. The number of rotatable bonds is 8. The van der Waals surface area contributed by atoms with E-state index >= 15 is 0 Å². The van der Waals surface area contributed by atoms with Crippen molar-refractivity contribution in [3.8, 4) is 5.75 Å². The van der Waals surface area contributed by atoms with Gasteiger partial charge in [0.25, 0.3) is 0 Å². The fourth-order valence-electron chi connectivity index (χ4n) is 2.29. The predicted molar refractivity (Wildman–Crippen MR) is 89.1 cm³/mol. The van der Waals surface area contributed by atoms with Crippen LogP contribution in [0.5, 0.6) is 5.75 Å². The minimum absolute atomic E-state index is 0.0998. The van der Waals surface area contributed by atoms with Crippen molar-refractivity contribution in [2.24, 2.45) is 5.92 Å². The maximum absolute atomic E-state index is 11.2. The minimum atomic E-state index is -0.0998. The van der Waals surface area contributed by atoms with Gasteiger partial charge in [-0.25, -0.2) is 0 Å². The van der Waals surface area contributed by atoms with E-state index in [9.17, 15) is 4.79 Å². The molecule has 2 unspecified atom stereocenters. The summed E-state index contributed by atoms with van der Waals surface area (Å²) in [5, 5.41) is 6.32. The number of carbonyl (C=O) groups is 1. The van der Waals surface area contributed by atoms with E-state index in [1.807, 2.05) is 18.2 Å². The van der Waals surface area contributed by atoms with Crippen molar-refractivity contribution in [2.75, 3.05) is 17.7 Å². The Bertz CT molecular complexity index is 460. The average Bonchev–Trinajstić information content (AvgIpc) is 2.47. The van der Waals surface area contributed by atoms with Gasteiger partial charge in [-0.2, -0.15) is 0 Å². The Morgan fingerprint density at radius 1 is 1.29 bits per heavy atom. The molecule has 2 N–H and O–H groups in total. The molecule has 0 aliphatic carbocycles. The predicted octanol–water partition coefficient (Wildman–Crippen LogP) is 4.28. The lowest BCUT2D eigenvalue weighted by molar-refractivity contribution is -0.114. The zero-order valence-electron chi connectivity index (χ0n) is 13.8. The lowest BCUT2D eigenvalue weighted by Crippen LogP contribution is -2.21. The largest absolute Gasteiger partial charge is 0.494 e. The van der Waals surface area contributed by atoms with Crippen LogP contribution in [0.4, 0.5) is 11.4 Å². The molecule has 0 aliphatic rings. The number of benzene rings is 1. The van der Waals surface area contributed by atoms with Crippen LogP contribution in [-0.4, -0.2) is 19.1 Å². The number of hydrogen-bond acceptors (Lipinski definition) is 3. The number of amides is 1. The van der Waals surface area contributed by atoms with Crippen LogP contribution in [0.25, 0.3) is 0 Å². The van der Waals surface area contributed by atoms with Gasteiger partial charge in [-0.3, -0.25) is 4.79 Å². The molecule has 0 spiro atoms. The van der Waals surface area contributed by atoms with Crippen LogP contribution >= 0.6 is 0 Å². The molecule has 4 heteroatoms. The minimum Gasteiger partial charge on any atom is -0.494 e.